The third-order valence-electron chi connectivity index (χ3n) is 5.91. The number of hydrogen-bond acceptors (Lipinski definition) is 5. The van der Waals surface area contributed by atoms with Gasteiger partial charge in [-0.3, -0.25) is 4.40 Å². The summed E-state index contributed by atoms with van der Waals surface area (Å²) < 4.78 is 17.7. The fourth-order valence-corrected chi connectivity index (χ4v) is 4.41. The van der Waals surface area contributed by atoms with Gasteiger partial charge < -0.3 is 15.2 Å². The molecule has 144 valence electrons. The van der Waals surface area contributed by atoms with E-state index in [1.165, 1.54) is 0 Å². The highest BCUT2D eigenvalue weighted by atomic mass is 16.5. The quantitative estimate of drug-likeness (QED) is 0.379. The third-order valence-corrected chi connectivity index (χ3v) is 5.91. The van der Waals surface area contributed by atoms with Gasteiger partial charge in [-0.1, -0.05) is 4.98 Å². The van der Waals surface area contributed by atoms with E-state index in [2.05, 4.69) is 10.5 Å². The summed E-state index contributed by atoms with van der Waals surface area (Å²) >= 11 is 0. The Balaban J connectivity index is 1.96. The summed E-state index contributed by atoms with van der Waals surface area (Å²) in [6.45, 7) is 2.00. The minimum absolute atomic E-state index is 0.156. The largest absolute Gasteiger partial charge is 0.496 e. The van der Waals surface area contributed by atoms with E-state index in [0.717, 1.165) is 51.9 Å². The molecule has 1 aliphatic carbocycles. The van der Waals surface area contributed by atoms with Crippen molar-refractivity contribution in [3.63, 3.8) is 0 Å². The van der Waals surface area contributed by atoms with Gasteiger partial charge in [-0.15, -0.1) is 0 Å². The van der Waals surface area contributed by atoms with Crippen molar-refractivity contribution in [1.82, 2.24) is 13.8 Å². The van der Waals surface area contributed by atoms with E-state index in [1.54, 1.807) is 7.11 Å². The Kier molecular flexibility index (Phi) is 2.91. The summed E-state index contributed by atoms with van der Waals surface area (Å²) in [6, 6.07) is 6.25. The highest BCUT2D eigenvalue weighted by molar-refractivity contribution is 6.12. The zero-order chi connectivity index (χ0) is 20.0. The first-order chi connectivity index (χ1) is 14.0. The van der Waals surface area contributed by atoms with Crippen LogP contribution in [-0.2, 0) is 7.05 Å². The van der Waals surface area contributed by atoms with Crippen molar-refractivity contribution in [3.05, 3.63) is 29.6 Å². The molecule has 4 heterocycles. The maximum Gasteiger partial charge on any atom is 0.308 e. The van der Waals surface area contributed by atoms with Crippen LogP contribution in [-0.4, -0.2) is 27.0 Å². The molecule has 6 rings (SSSR count). The number of aromatic nitrogens is 4. The smallest absolute Gasteiger partial charge is 0.308 e. The van der Waals surface area contributed by atoms with Gasteiger partial charge in [-0.25, -0.2) is 8.97 Å². The molecular formula is C21H19N6O2+. The predicted molar refractivity (Wildman–Crippen MR) is 108 cm³/mol. The third kappa shape index (κ3) is 1.87. The van der Waals surface area contributed by atoms with Crippen LogP contribution in [0.5, 0.6) is 11.6 Å². The molecular weight excluding hydrogens is 368 g/mol. The predicted octanol–water partition coefficient (Wildman–Crippen LogP) is 2.47. The molecule has 0 radical (unpaired) electrons. The van der Waals surface area contributed by atoms with E-state index in [-0.39, 0.29) is 6.10 Å². The lowest BCUT2D eigenvalue weighted by Gasteiger charge is -2.12. The van der Waals surface area contributed by atoms with Crippen LogP contribution in [0.1, 0.15) is 24.0 Å². The molecule has 1 saturated carbocycles. The van der Waals surface area contributed by atoms with Crippen LogP contribution in [0.4, 0.5) is 5.82 Å². The van der Waals surface area contributed by atoms with Crippen LogP contribution in [0.25, 0.3) is 33.1 Å². The molecule has 4 aromatic heterocycles. The Hall–Kier alpha value is -3.73. The van der Waals surface area contributed by atoms with Gasteiger partial charge in [-0.2, -0.15) is 5.26 Å². The van der Waals surface area contributed by atoms with Gasteiger partial charge in [0.15, 0.2) is 6.33 Å². The molecule has 0 bridgehead atoms. The number of nitrogens with zero attached hydrogens (tertiary/aromatic N) is 5. The van der Waals surface area contributed by atoms with Crippen LogP contribution in [0, 0.1) is 18.3 Å². The lowest BCUT2D eigenvalue weighted by Crippen LogP contribution is -2.26. The topological polar surface area (TPSA) is 93.9 Å². The van der Waals surface area contributed by atoms with Crippen LogP contribution in [0.3, 0.4) is 0 Å². The number of imidazole rings is 1. The Morgan fingerprint density at radius 2 is 2.07 bits per heavy atom. The second-order valence-corrected chi connectivity index (χ2v) is 7.69. The van der Waals surface area contributed by atoms with Crippen molar-refractivity contribution in [2.75, 3.05) is 12.8 Å². The molecule has 0 saturated heterocycles. The van der Waals surface area contributed by atoms with Gasteiger partial charge in [0.25, 0.3) is 0 Å². The Morgan fingerprint density at radius 3 is 2.76 bits per heavy atom. The zero-order valence-electron chi connectivity index (χ0n) is 16.4. The van der Waals surface area contributed by atoms with Gasteiger partial charge in [0.1, 0.15) is 45.7 Å². The molecule has 29 heavy (non-hydrogen) atoms. The average molecular weight is 387 g/mol. The standard InChI is InChI=1S/C21H19N6O2/c1-10-14(28-3)7-6-13-16(10)27-17-15(12(8-22)19(27)23)21(29-11-4-5-11)24-20-18(17)26(13)9-25(20)2/h6-7,9,11H,4-5,23H2,1-3H3/q+1. The van der Waals surface area contributed by atoms with E-state index < -0.39 is 0 Å². The number of nitriles is 1. The summed E-state index contributed by atoms with van der Waals surface area (Å²) in [4.78, 5) is 4.81. The van der Waals surface area contributed by atoms with Crippen LogP contribution < -0.4 is 19.8 Å². The second-order valence-electron chi connectivity index (χ2n) is 7.69. The average Bonchev–Trinajstić information content (AvgIpc) is 3.40. The Morgan fingerprint density at radius 1 is 1.28 bits per heavy atom. The lowest BCUT2D eigenvalue weighted by atomic mass is 10.1. The number of methoxy groups -OCH3 is 1. The van der Waals surface area contributed by atoms with Crippen molar-refractivity contribution in [3.8, 4) is 17.7 Å². The highest BCUT2D eigenvalue weighted by Gasteiger charge is 2.34. The Labute approximate surface area is 165 Å². The van der Waals surface area contributed by atoms with Crippen LogP contribution in [0.15, 0.2) is 18.5 Å². The Bertz CT molecular complexity index is 1520. The van der Waals surface area contributed by atoms with Crippen molar-refractivity contribution < 1.29 is 14.0 Å². The minimum Gasteiger partial charge on any atom is -0.496 e. The summed E-state index contributed by atoms with van der Waals surface area (Å²) in [5, 5.41) is 10.6. The van der Waals surface area contributed by atoms with Crippen molar-refractivity contribution in [2.45, 2.75) is 25.9 Å². The number of anilines is 1. The number of fused-ring (bicyclic) bond motifs is 3. The molecule has 1 fully saturated rings. The SMILES string of the molecule is COc1ccc2c(c1C)n1c(N)c(C#N)c3c(OC4CC4)nc4c(c31)n2c[n+]4C. The number of benzene rings is 1. The molecule has 5 aromatic rings. The monoisotopic (exact) mass is 387 g/mol. The molecule has 0 aliphatic heterocycles. The van der Waals surface area contributed by atoms with Crippen molar-refractivity contribution in [1.29, 1.82) is 5.26 Å². The van der Waals surface area contributed by atoms with Gasteiger partial charge >= 0.3 is 11.5 Å². The fraction of sp³-hybridized carbons (Fsp3) is 0.286. The van der Waals surface area contributed by atoms with Crippen molar-refractivity contribution in [2.24, 2.45) is 7.05 Å². The summed E-state index contributed by atoms with van der Waals surface area (Å²) in [7, 11) is 3.61. The first-order valence-corrected chi connectivity index (χ1v) is 9.54. The first-order valence-electron chi connectivity index (χ1n) is 9.54. The number of hydrogen-bond donors (Lipinski definition) is 1. The number of pyridine rings is 1. The number of nitrogens with two attached hydrogens (primary N) is 1. The molecule has 2 N–H and O–H groups in total. The highest BCUT2D eigenvalue weighted by Crippen LogP contribution is 2.43. The number of nitrogen functional groups attached to an aromatic ring is 1. The maximum absolute atomic E-state index is 9.95. The number of aryl methyl sites for hydroxylation is 2. The van der Waals surface area contributed by atoms with Crippen LogP contribution in [0.2, 0.25) is 0 Å². The van der Waals surface area contributed by atoms with E-state index in [1.807, 2.05) is 41.4 Å². The molecule has 8 nitrogen and oxygen atoms in total. The summed E-state index contributed by atoms with van der Waals surface area (Å²) in [5.41, 5.74) is 12.3. The van der Waals surface area contributed by atoms with Gasteiger partial charge in [-0.05, 0) is 31.9 Å². The normalized spacial score (nSPS) is 14.4. The first kappa shape index (κ1) is 16.2. The number of ether oxygens (including phenoxy) is 2. The van der Waals surface area contributed by atoms with Gasteiger partial charge in [0.05, 0.1) is 19.7 Å². The molecule has 1 aliphatic rings. The van der Waals surface area contributed by atoms with E-state index in [4.69, 9.17) is 20.2 Å². The van der Waals surface area contributed by atoms with E-state index in [0.29, 0.717) is 22.6 Å². The van der Waals surface area contributed by atoms with Crippen molar-refractivity contribution >= 4 is 38.9 Å². The number of rotatable bonds is 3. The molecule has 8 heteroatoms. The zero-order valence-corrected chi connectivity index (χ0v) is 16.4. The summed E-state index contributed by atoms with van der Waals surface area (Å²) in [5.74, 6) is 1.64. The molecule has 0 spiro atoms. The molecule has 0 unspecified atom stereocenters. The summed E-state index contributed by atoms with van der Waals surface area (Å²) in [6.07, 6.45) is 4.17. The van der Waals surface area contributed by atoms with E-state index in [9.17, 15) is 5.26 Å². The van der Waals surface area contributed by atoms with Crippen LogP contribution >= 0.6 is 0 Å². The minimum atomic E-state index is 0.156. The van der Waals surface area contributed by atoms with E-state index >= 15 is 0 Å². The molecule has 0 atom stereocenters. The van der Waals surface area contributed by atoms with Gasteiger partial charge in [0.2, 0.25) is 5.52 Å². The second kappa shape index (κ2) is 5.20. The molecule has 1 aromatic carbocycles. The molecule has 0 amide bonds. The lowest BCUT2D eigenvalue weighted by molar-refractivity contribution is -0.647. The fourth-order valence-electron chi connectivity index (χ4n) is 4.41. The van der Waals surface area contributed by atoms with Gasteiger partial charge in [0, 0.05) is 5.56 Å². The maximum atomic E-state index is 9.95.